The Kier molecular flexibility index (Phi) is 2.23. The summed E-state index contributed by atoms with van der Waals surface area (Å²) >= 11 is 0. The molecule has 2 amide bonds. The molecule has 1 aromatic carbocycles. The molecule has 0 aromatic heterocycles. The van der Waals surface area contributed by atoms with Crippen molar-refractivity contribution < 1.29 is 14.4 Å². The van der Waals surface area contributed by atoms with E-state index in [4.69, 9.17) is 0 Å². The van der Waals surface area contributed by atoms with E-state index >= 15 is 0 Å². The summed E-state index contributed by atoms with van der Waals surface area (Å²) in [6.45, 7) is 1.06. The van der Waals surface area contributed by atoms with Gasteiger partial charge in [-0.25, -0.2) is 0 Å². The van der Waals surface area contributed by atoms with Crippen molar-refractivity contribution >= 4 is 23.3 Å². The van der Waals surface area contributed by atoms with Crippen molar-refractivity contribution in [1.29, 1.82) is 0 Å². The van der Waals surface area contributed by atoms with Gasteiger partial charge in [-0.3, -0.25) is 19.3 Å². The van der Waals surface area contributed by atoms with Crippen LogP contribution in [0.15, 0.2) is 18.2 Å². The number of ketones is 1. The summed E-state index contributed by atoms with van der Waals surface area (Å²) < 4.78 is 0. The Bertz CT molecular complexity index is 580. The Morgan fingerprint density at radius 3 is 2.44 bits per heavy atom. The Balaban J connectivity index is 2.00. The van der Waals surface area contributed by atoms with Gasteiger partial charge < -0.3 is 4.90 Å². The number of hydrogen-bond acceptors (Lipinski definition) is 4. The van der Waals surface area contributed by atoms with Gasteiger partial charge in [0.1, 0.15) is 0 Å². The van der Waals surface area contributed by atoms with Gasteiger partial charge in [-0.15, -0.1) is 0 Å². The van der Waals surface area contributed by atoms with E-state index in [1.54, 1.807) is 18.2 Å². The number of benzene rings is 1. The molecule has 5 nitrogen and oxygen atoms in total. The van der Waals surface area contributed by atoms with Gasteiger partial charge in [-0.1, -0.05) is 0 Å². The number of nitrogens with zero attached hydrogens (tertiary/aromatic N) is 2. The predicted molar refractivity (Wildman–Crippen MR) is 64.7 cm³/mol. The lowest BCUT2D eigenvalue weighted by Crippen LogP contribution is -2.24. The Morgan fingerprint density at radius 1 is 1.06 bits per heavy atom. The van der Waals surface area contributed by atoms with Crippen LogP contribution in [-0.2, 0) is 4.79 Å². The van der Waals surface area contributed by atoms with E-state index in [-0.39, 0.29) is 17.6 Å². The lowest BCUT2D eigenvalue weighted by Gasteiger charge is -2.16. The fourth-order valence-corrected chi connectivity index (χ4v) is 2.40. The average molecular weight is 244 g/mol. The number of fused-ring (bicyclic) bond motifs is 1. The summed E-state index contributed by atoms with van der Waals surface area (Å²) in [5, 5.41) is 0. The molecular formula is C13H12N2O3. The van der Waals surface area contributed by atoms with E-state index in [9.17, 15) is 14.4 Å². The maximum absolute atomic E-state index is 11.9. The molecule has 0 aliphatic carbocycles. The van der Waals surface area contributed by atoms with Gasteiger partial charge in [0.15, 0.2) is 5.78 Å². The number of hydrogen-bond donors (Lipinski definition) is 0. The predicted octanol–water partition coefficient (Wildman–Crippen LogP) is 0.692. The average Bonchev–Trinajstić information content (AvgIpc) is 2.89. The summed E-state index contributed by atoms with van der Waals surface area (Å²) in [4.78, 5) is 37.9. The third-order valence-corrected chi connectivity index (χ3v) is 3.47. The zero-order chi connectivity index (χ0) is 12.9. The first-order chi connectivity index (χ1) is 8.58. The third kappa shape index (κ3) is 1.44. The van der Waals surface area contributed by atoms with Crippen molar-refractivity contribution in [3.63, 3.8) is 0 Å². The van der Waals surface area contributed by atoms with Gasteiger partial charge in [0.25, 0.3) is 11.8 Å². The summed E-state index contributed by atoms with van der Waals surface area (Å²) in [6, 6.07) is 5.16. The molecule has 2 heterocycles. The van der Waals surface area contributed by atoms with Crippen LogP contribution in [0.2, 0.25) is 0 Å². The van der Waals surface area contributed by atoms with Crippen LogP contribution in [-0.4, -0.2) is 42.6 Å². The quantitative estimate of drug-likeness (QED) is 0.682. The number of carbonyl (C=O) groups excluding carboxylic acids is 3. The van der Waals surface area contributed by atoms with Gasteiger partial charge in [0.2, 0.25) is 0 Å². The van der Waals surface area contributed by atoms with Gasteiger partial charge >= 0.3 is 0 Å². The number of carbonyl (C=O) groups is 3. The molecule has 2 aliphatic rings. The van der Waals surface area contributed by atoms with E-state index in [0.717, 1.165) is 10.6 Å². The molecule has 18 heavy (non-hydrogen) atoms. The number of amides is 2. The fourth-order valence-electron chi connectivity index (χ4n) is 2.40. The molecule has 1 aromatic rings. The Morgan fingerprint density at radius 2 is 1.78 bits per heavy atom. The molecule has 0 unspecified atom stereocenters. The molecular weight excluding hydrogens is 232 g/mol. The minimum Gasteiger partial charge on any atom is -0.364 e. The van der Waals surface area contributed by atoms with Gasteiger partial charge in [0, 0.05) is 25.7 Å². The van der Waals surface area contributed by atoms with Crippen LogP contribution in [0.25, 0.3) is 0 Å². The Hall–Kier alpha value is -2.17. The molecule has 0 spiro atoms. The fraction of sp³-hybridized carbons (Fsp3) is 0.308. The molecule has 0 radical (unpaired) electrons. The van der Waals surface area contributed by atoms with Crippen molar-refractivity contribution in [3.8, 4) is 0 Å². The largest absolute Gasteiger partial charge is 0.364 e. The molecule has 92 valence electrons. The summed E-state index contributed by atoms with van der Waals surface area (Å²) in [5.74, 6) is -0.337. The second kappa shape index (κ2) is 3.66. The van der Waals surface area contributed by atoms with Crippen molar-refractivity contribution in [3.05, 3.63) is 29.3 Å². The van der Waals surface area contributed by atoms with E-state index in [0.29, 0.717) is 30.6 Å². The number of anilines is 1. The van der Waals surface area contributed by atoms with Crippen molar-refractivity contribution in [2.24, 2.45) is 0 Å². The molecule has 0 saturated carbocycles. The van der Waals surface area contributed by atoms with Crippen LogP contribution in [0.3, 0.4) is 0 Å². The van der Waals surface area contributed by atoms with E-state index in [1.165, 1.54) is 7.05 Å². The maximum Gasteiger partial charge on any atom is 0.261 e. The minimum absolute atomic E-state index is 0.204. The first kappa shape index (κ1) is 11.0. The SMILES string of the molecule is CN1C(=O)c2ccc(N3CCC(=O)C3)cc2C1=O. The highest BCUT2D eigenvalue weighted by atomic mass is 16.2. The molecule has 0 N–H and O–H groups in total. The highest BCUT2D eigenvalue weighted by Crippen LogP contribution is 2.27. The minimum atomic E-state index is -0.276. The molecule has 3 rings (SSSR count). The molecule has 5 heteroatoms. The molecule has 1 saturated heterocycles. The summed E-state index contributed by atoms with van der Waals surface area (Å²) in [6.07, 6.45) is 0.546. The van der Waals surface area contributed by atoms with Crippen molar-refractivity contribution in [1.82, 2.24) is 4.90 Å². The van der Waals surface area contributed by atoms with Crippen LogP contribution in [0, 0.1) is 0 Å². The summed E-state index contributed by atoms with van der Waals surface area (Å²) in [7, 11) is 1.48. The number of Topliss-reactive ketones (excluding diaryl/α,β-unsaturated/α-hetero) is 1. The third-order valence-electron chi connectivity index (χ3n) is 3.47. The smallest absolute Gasteiger partial charge is 0.261 e. The maximum atomic E-state index is 11.9. The number of rotatable bonds is 1. The van der Waals surface area contributed by atoms with Crippen molar-refractivity contribution in [2.45, 2.75) is 6.42 Å². The lowest BCUT2D eigenvalue weighted by molar-refractivity contribution is -0.116. The lowest BCUT2D eigenvalue weighted by atomic mass is 10.1. The topological polar surface area (TPSA) is 57.7 Å². The van der Waals surface area contributed by atoms with Crippen molar-refractivity contribution in [2.75, 3.05) is 25.0 Å². The summed E-state index contributed by atoms with van der Waals surface area (Å²) in [5.41, 5.74) is 1.70. The molecule has 2 aliphatic heterocycles. The van der Waals surface area contributed by atoms with Crippen LogP contribution in [0.1, 0.15) is 27.1 Å². The van der Waals surface area contributed by atoms with Crippen LogP contribution in [0.5, 0.6) is 0 Å². The van der Waals surface area contributed by atoms with Crippen LogP contribution < -0.4 is 4.90 Å². The van der Waals surface area contributed by atoms with Gasteiger partial charge in [0.05, 0.1) is 17.7 Å². The second-order valence-electron chi connectivity index (χ2n) is 4.61. The molecule has 0 atom stereocenters. The molecule has 0 bridgehead atoms. The standard InChI is InChI=1S/C13H12N2O3/c1-14-12(17)10-3-2-8(6-11(10)13(14)18)15-5-4-9(16)7-15/h2-3,6H,4-5,7H2,1H3. The van der Waals surface area contributed by atoms with Gasteiger partial charge in [-0.05, 0) is 18.2 Å². The molecule has 1 fully saturated rings. The van der Waals surface area contributed by atoms with E-state index in [1.807, 2.05) is 4.90 Å². The zero-order valence-corrected chi connectivity index (χ0v) is 9.97. The van der Waals surface area contributed by atoms with E-state index in [2.05, 4.69) is 0 Å². The zero-order valence-electron chi connectivity index (χ0n) is 9.97. The first-order valence-electron chi connectivity index (χ1n) is 5.81. The van der Waals surface area contributed by atoms with Crippen LogP contribution >= 0.6 is 0 Å². The normalized spacial score (nSPS) is 18.8. The Labute approximate surface area is 104 Å². The number of imide groups is 1. The van der Waals surface area contributed by atoms with E-state index < -0.39 is 0 Å². The highest BCUT2D eigenvalue weighted by Gasteiger charge is 2.33. The highest BCUT2D eigenvalue weighted by molar-refractivity contribution is 6.21. The van der Waals surface area contributed by atoms with Crippen LogP contribution in [0.4, 0.5) is 5.69 Å². The van der Waals surface area contributed by atoms with Gasteiger partial charge in [-0.2, -0.15) is 0 Å². The first-order valence-corrected chi connectivity index (χ1v) is 5.81. The monoisotopic (exact) mass is 244 g/mol. The second-order valence-corrected chi connectivity index (χ2v) is 4.61.